The lowest BCUT2D eigenvalue weighted by Gasteiger charge is -2.24. The van der Waals surface area contributed by atoms with Crippen molar-refractivity contribution in [1.29, 1.82) is 0 Å². The number of pyridine rings is 1. The number of hydrogen-bond donors (Lipinski definition) is 3. The van der Waals surface area contributed by atoms with Crippen LogP contribution in [0.4, 0.5) is 0 Å². The number of aliphatic imine (C=N–C) groups is 1. The van der Waals surface area contributed by atoms with Crippen LogP contribution in [0.2, 0.25) is 0 Å². The predicted molar refractivity (Wildman–Crippen MR) is 99.5 cm³/mol. The van der Waals surface area contributed by atoms with E-state index in [1.54, 1.807) is 6.92 Å². The van der Waals surface area contributed by atoms with Gasteiger partial charge in [0.25, 0.3) is 0 Å². The first-order chi connectivity index (χ1) is 11.8. The molecule has 0 aliphatic heterocycles. The molecule has 1 atom stereocenters. The van der Waals surface area contributed by atoms with Crippen molar-refractivity contribution in [3.05, 3.63) is 52.7 Å². The minimum Gasteiger partial charge on any atom is -0.466 e. The molecule has 0 bridgehead atoms. The highest BCUT2D eigenvalue weighted by molar-refractivity contribution is 5.79. The molecule has 0 aromatic carbocycles. The summed E-state index contributed by atoms with van der Waals surface area (Å²) in [6.07, 6.45) is 0. The summed E-state index contributed by atoms with van der Waals surface area (Å²) in [5, 5.41) is 17.2. The molecule has 25 heavy (non-hydrogen) atoms. The molecule has 0 amide bonds. The van der Waals surface area contributed by atoms with Gasteiger partial charge in [-0.1, -0.05) is 6.07 Å². The standard InChI is InChI=1S/C19H28N4O2/c1-6-20-18(21-11-16-9-7-8-13(2)23-16)22-12-19(5,24)17-10-14(3)25-15(17)4/h7-10,24H,6,11-12H2,1-5H3,(H2,20,21,22). The summed E-state index contributed by atoms with van der Waals surface area (Å²) < 4.78 is 5.53. The Hall–Kier alpha value is -2.34. The van der Waals surface area contributed by atoms with Gasteiger partial charge in [-0.3, -0.25) is 4.98 Å². The van der Waals surface area contributed by atoms with E-state index in [1.165, 1.54) is 0 Å². The van der Waals surface area contributed by atoms with Crippen molar-refractivity contribution >= 4 is 5.96 Å². The largest absolute Gasteiger partial charge is 0.466 e. The number of nitrogens with one attached hydrogen (secondary N) is 2. The van der Waals surface area contributed by atoms with Gasteiger partial charge < -0.3 is 20.2 Å². The van der Waals surface area contributed by atoms with E-state index in [1.807, 2.05) is 52.0 Å². The van der Waals surface area contributed by atoms with Gasteiger partial charge in [0.05, 0.1) is 18.8 Å². The molecule has 0 saturated carbocycles. The molecule has 2 heterocycles. The fraction of sp³-hybridized carbons (Fsp3) is 0.474. The van der Waals surface area contributed by atoms with E-state index in [0.29, 0.717) is 19.0 Å². The number of furan rings is 1. The van der Waals surface area contributed by atoms with Gasteiger partial charge >= 0.3 is 0 Å². The summed E-state index contributed by atoms with van der Waals surface area (Å²) in [7, 11) is 0. The average Bonchev–Trinajstić information content (AvgIpc) is 2.89. The predicted octanol–water partition coefficient (Wildman–Crippen LogP) is 2.56. The molecule has 0 aliphatic carbocycles. The number of hydrogen-bond acceptors (Lipinski definition) is 4. The highest BCUT2D eigenvalue weighted by Crippen LogP contribution is 2.26. The van der Waals surface area contributed by atoms with Crippen LogP contribution in [0.1, 0.15) is 42.3 Å². The zero-order valence-corrected chi connectivity index (χ0v) is 15.7. The second-order valence-electron chi connectivity index (χ2n) is 6.42. The molecule has 0 spiro atoms. The molecule has 0 aliphatic rings. The molecule has 3 N–H and O–H groups in total. The fourth-order valence-electron chi connectivity index (χ4n) is 2.71. The van der Waals surface area contributed by atoms with Crippen molar-refractivity contribution in [1.82, 2.24) is 15.6 Å². The lowest BCUT2D eigenvalue weighted by Crippen LogP contribution is -2.44. The maximum absolute atomic E-state index is 10.8. The summed E-state index contributed by atoms with van der Waals surface area (Å²) in [5.41, 5.74) is 1.61. The summed E-state index contributed by atoms with van der Waals surface area (Å²) in [6.45, 7) is 11.0. The molecule has 136 valence electrons. The molecule has 1 unspecified atom stereocenters. The van der Waals surface area contributed by atoms with Crippen LogP contribution >= 0.6 is 0 Å². The van der Waals surface area contributed by atoms with Crippen LogP contribution in [0.3, 0.4) is 0 Å². The highest BCUT2D eigenvalue weighted by atomic mass is 16.3. The monoisotopic (exact) mass is 344 g/mol. The average molecular weight is 344 g/mol. The first-order valence-electron chi connectivity index (χ1n) is 8.56. The van der Waals surface area contributed by atoms with Crippen molar-refractivity contribution in [3.8, 4) is 0 Å². The van der Waals surface area contributed by atoms with Gasteiger partial charge in [-0.2, -0.15) is 0 Å². The van der Waals surface area contributed by atoms with Gasteiger partial charge in [0.2, 0.25) is 0 Å². The fourth-order valence-corrected chi connectivity index (χ4v) is 2.71. The topological polar surface area (TPSA) is 82.7 Å². The molecule has 2 aromatic rings. The lowest BCUT2D eigenvalue weighted by atomic mass is 9.96. The summed E-state index contributed by atoms with van der Waals surface area (Å²) in [4.78, 5) is 9.00. The third-order valence-corrected chi connectivity index (χ3v) is 3.91. The number of rotatable bonds is 6. The maximum Gasteiger partial charge on any atom is 0.191 e. The van der Waals surface area contributed by atoms with Gasteiger partial charge in [-0.05, 0) is 52.8 Å². The van der Waals surface area contributed by atoms with Crippen molar-refractivity contribution in [3.63, 3.8) is 0 Å². The number of aliphatic hydroxyl groups is 1. The zero-order valence-electron chi connectivity index (χ0n) is 15.7. The smallest absolute Gasteiger partial charge is 0.191 e. The number of aromatic nitrogens is 1. The Kier molecular flexibility index (Phi) is 6.20. The first kappa shape index (κ1) is 19.0. The third kappa shape index (κ3) is 5.32. The van der Waals surface area contributed by atoms with Crippen LogP contribution in [-0.2, 0) is 12.1 Å². The second kappa shape index (κ2) is 8.16. The minimum atomic E-state index is -1.06. The van der Waals surface area contributed by atoms with Crippen molar-refractivity contribution in [2.45, 2.75) is 46.8 Å². The SMILES string of the molecule is CCNC(=NCc1cccc(C)n1)NCC(C)(O)c1cc(C)oc1C. The Morgan fingerprint density at radius 3 is 2.64 bits per heavy atom. The molecule has 2 aromatic heterocycles. The highest BCUT2D eigenvalue weighted by Gasteiger charge is 2.27. The lowest BCUT2D eigenvalue weighted by molar-refractivity contribution is 0.0601. The zero-order chi connectivity index (χ0) is 18.4. The quantitative estimate of drug-likeness (QED) is 0.554. The van der Waals surface area contributed by atoms with Crippen LogP contribution in [0.25, 0.3) is 0 Å². The van der Waals surface area contributed by atoms with E-state index >= 15 is 0 Å². The van der Waals surface area contributed by atoms with Crippen molar-refractivity contribution in [2.75, 3.05) is 13.1 Å². The molecular weight excluding hydrogens is 316 g/mol. The first-order valence-corrected chi connectivity index (χ1v) is 8.56. The second-order valence-corrected chi connectivity index (χ2v) is 6.42. The van der Waals surface area contributed by atoms with Crippen molar-refractivity contribution in [2.24, 2.45) is 4.99 Å². The van der Waals surface area contributed by atoms with Gasteiger partial charge in [-0.25, -0.2) is 4.99 Å². The Bertz CT molecular complexity index is 735. The third-order valence-electron chi connectivity index (χ3n) is 3.91. The summed E-state index contributed by atoms with van der Waals surface area (Å²) >= 11 is 0. The van der Waals surface area contributed by atoms with E-state index in [4.69, 9.17) is 4.42 Å². The van der Waals surface area contributed by atoms with Crippen molar-refractivity contribution < 1.29 is 9.52 Å². The number of guanidine groups is 1. The molecule has 6 nitrogen and oxygen atoms in total. The van der Waals surface area contributed by atoms with E-state index < -0.39 is 5.60 Å². The van der Waals surface area contributed by atoms with Gasteiger partial charge in [0.1, 0.15) is 17.1 Å². The number of nitrogens with zero attached hydrogens (tertiary/aromatic N) is 2. The van der Waals surface area contributed by atoms with Crippen LogP contribution in [0, 0.1) is 20.8 Å². The van der Waals surface area contributed by atoms with Gasteiger partial charge in [0.15, 0.2) is 5.96 Å². The van der Waals surface area contributed by atoms with Gasteiger partial charge in [-0.15, -0.1) is 0 Å². The Morgan fingerprint density at radius 1 is 1.28 bits per heavy atom. The van der Waals surface area contributed by atoms with E-state index in [-0.39, 0.29) is 0 Å². The Labute approximate surface area is 149 Å². The Morgan fingerprint density at radius 2 is 2.04 bits per heavy atom. The molecule has 0 fully saturated rings. The minimum absolute atomic E-state index is 0.319. The van der Waals surface area contributed by atoms with Crippen LogP contribution in [0.5, 0.6) is 0 Å². The molecule has 2 rings (SSSR count). The molecule has 0 radical (unpaired) electrons. The molecule has 6 heteroatoms. The summed E-state index contributed by atoms with van der Waals surface area (Å²) in [6, 6.07) is 7.76. The van der Waals surface area contributed by atoms with Crippen LogP contribution < -0.4 is 10.6 Å². The van der Waals surface area contributed by atoms with Crippen LogP contribution in [0.15, 0.2) is 33.7 Å². The van der Waals surface area contributed by atoms with Gasteiger partial charge in [0, 0.05) is 17.8 Å². The van der Waals surface area contributed by atoms with E-state index in [9.17, 15) is 5.11 Å². The van der Waals surface area contributed by atoms with E-state index in [0.717, 1.165) is 35.0 Å². The Balaban J connectivity index is 2.05. The maximum atomic E-state index is 10.8. The summed E-state index contributed by atoms with van der Waals surface area (Å²) in [5.74, 6) is 2.16. The van der Waals surface area contributed by atoms with E-state index in [2.05, 4.69) is 20.6 Å². The van der Waals surface area contributed by atoms with Crippen LogP contribution in [-0.4, -0.2) is 29.1 Å². The molecule has 0 saturated heterocycles. The normalized spacial score (nSPS) is 14.2. The molecular formula is C19H28N4O2. The number of aryl methyl sites for hydroxylation is 3.